The lowest BCUT2D eigenvalue weighted by Gasteiger charge is -2.27. The van der Waals surface area contributed by atoms with E-state index in [9.17, 15) is 4.79 Å². The predicted molar refractivity (Wildman–Crippen MR) is 62.9 cm³/mol. The Labute approximate surface area is 97.2 Å². The van der Waals surface area contributed by atoms with E-state index in [1.807, 2.05) is 20.8 Å². The highest BCUT2D eigenvalue weighted by Crippen LogP contribution is 2.51. The molecule has 0 aliphatic heterocycles. The summed E-state index contributed by atoms with van der Waals surface area (Å²) < 4.78 is 5.45. The van der Waals surface area contributed by atoms with Gasteiger partial charge in [-0.15, -0.1) is 0 Å². The summed E-state index contributed by atoms with van der Waals surface area (Å²) in [5.41, 5.74) is -0.348. The van der Waals surface area contributed by atoms with Crippen LogP contribution in [-0.2, 0) is 9.53 Å². The first-order chi connectivity index (χ1) is 6.87. The summed E-state index contributed by atoms with van der Waals surface area (Å²) in [5, 5.41) is 0.522. The van der Waals surface area contributed by atoms with E-state index in [1.165, 1.54) is 6.42 Å². The van der Waals surface area contributed by atoms with E-state index in [2.05, 4.69) is 12.6 Å². The van der Waals surface area contributed by atoms with Crippen LogP contribution in [0.25, 0.3) is 0 Å². The molecule has 3 heteroatoms. The van der Waals surface area contributed by atoms with E-state index < -0.39 is 0 Å². The Hall–Kier alpha value is -0.180. The minimum atomic E-state index is -0.348. The lowest BCUT2D eigenvalue weighted by molar-refractivity contribution is -0.161. The van der Waals surface area contributed by atoms with Gasteiger partial charge < -0.3 is 4.74 Å². The number of ether oxygens (including phenoxy) is 1. The number of fused-ring (bicyclic) bond motifs is 2. The van der Waals surface area contributed by atoms with E-state index in [0.29, 0.717) is 17.1 Å². The number of carbonyl (C=O) groups excluding carboxylic acids is 1. The second kappa shape index (κ2) is 3.69. The fraction of sp³-hybridized carbons (Fsp3) is 0.917. The van der Waals surface area contributed by atoms with E-state index in [-0.39, 0.29) is 17.5 Å². The smallest absolute Gasteiger partial charge is 0.309 e. The zero-order valence-corrected chi connectivity index (χ0v) is 10.6. The number of thiol groups is 1. The monoisotopic (exact) mass is 228 g/mol. The van der Waals surface area contributed by atoms with Gasteiger partial charge in [-0.1, -0.05) is 0 Å². The normalized spacial score (nSPS) is 39.5. The zero-order valence-electron chi connectivity index (χ0n) is 9.69. The van der Waals surface area contributed by atoms with E-state index in [4.69, 9.17) is 4.74 Å². The van der Waals surface area contributed by atoms with Crippen molar-refractivity contribution in [1.82, 2.24) is 0 Å². The average molecular weight is 228 g/mol. The third-order valence-corrected chi connectivity index (χ3v) is 4.16. The Morgan fingerprint density at radius 1 is 1.20 bits per heavy atom. The maximum atomic E-state index is 11.9. The first-order valence-corrected chi connectivity index (χ1v) is 6.29. The summed E-state index contributed by atoms with van der Waals surface area (Å²) in [6.45, 7) is 5.79. The molecule has 2 aliphatic rings. The van der Waals surface area contributed by atoms with Crippen LogP contribution in [0.3, 0.4) is 0 Å². The summed E-state index contributed by atoms with van der Waals surface area (Å²) in [4.78, 5) is 11.9. The van der Waals surface area contributed by atoms with E-state index >= 15 is 0 Å². The topological polar surface area (TPSA) is 26.3 Å². The van der Waals surface area contributed by atoms with E-state index in [1.54, 1.807) is 0 Å². The molecule has 86 valence electrons. The molecule has 2 saturated carbocycles. The van der Waals surface area contributed by atoms with Crippen molar-refractivity contribution in [3.05, 3.63) is 0 Å². The SMILES string of the molecule is CC(C)(C)OC(=O)C1CC2CC1CC2S. The van der Waals surface area contributed by atoms with Crippen LogP contribution in [0.5, 0.6) is 0 Å². The summed E-state index contributed by atoms with van der Waals surface area (Å²) in [6.07, 6.45) is 3.27. The molecular formula is C12H20O2S. The van der Waals surface area contributed by atoms with Crippen molar-refractivity contribution in [2.24, 2.45) is 17.8 Å². The molecule has 0 heterocycles. The molecule has 2 aliphatic carbocycles. The summed E-state index contributed by atoms with van der Waals surface area (Å²) in [5.74, 6) is 1.34. The number of esters is 1. The lowest BCUT2D eigenvalue weighted by atomic mass is 9.88. The van der Waals surface area contributed by atoms with Gasteiger partial charge in [0.05, 0.1) is 5.92 Å². The fourth-order valence-corrected chi connectivity index (χ4v) is 3.43. The maximum absolute atomic E-state index is 11.9. The molecular weight excluding hydrogens is 208 g/mol. The van der Waals surface area contributed by atoms with Crippen LogP contribution < -0.4 is 0 Å². The van der Waals surface area contributed by atoms with Crippen LogP contribution in [0.2, 0.25) is 0 Å². The molecule has 2 rings (SSSR count). The van der Waals surface area contributed by atoms with Crippen LogP contribution in [0.1, 0.15) is 40.0 Å². The Bertz CT molecular complexity index is 267. The molecule has 4 atom stereocenters. The summed E-state index contributed by atoms with van der Waals surface area (Å²) in [7, 11) is 0. The van der Waals surface area contributed by atoms with Crippen LogP contribution in [0.15, 0.2) is 0 Å². The standard InChI is InChI=1S/C12H20O2S/c1-12(2,3)14-11(13)9-5-8-4-7(9)6-10(8)15/h7-10,15H,4-6H2,1-3H3. The second-order valence-electron chi connectivity index (χ2n) is 5.93. The largest absolute Gasteiger partial charge is 0.460 e. The van der Waals surface area contributed by atoms with Gasteiger partial charge in [-0.05, 0) is 51.9 Å². The van der Waals surface area contributed by atoms with Crippen LogP contribution in [0, 0.1) is 17.8 Å². The van der Waals surface area contributed by atoms with Crippen molar-refractivity contribution in [1.29, 1.82) is 0 Å². The quantitative estimate of drug-likeness (QED) is 0.551. The van der Waals surface area contributed by atoms with Gasteiger partial charge in [0.1, 0.15) is 5.60 Å². The van der Waals surface area contributed by atoms with Crippen molar-refractivity contribution < 1.29 is 9.53 Å². The Morgan fingerprint density at radius 3 is 2.27 bits per heavy atom. The summed E-state index contributed by atoms with van der Waals surface area (Å²) >= 11 is 4.54. The molecule has 2 nitrogen and oxygen atoms in total. The first kappa shape index (κ1) is 11.3. The number of hydrogen-bond donors (Lipinski definition) is 1. The summed E-state index contributed by atoms with van der Waals surface area (Å²) in [6, 6.07) is 0. The molecule has 0 saturated heterocycles. The minimum absolute atomic E-state index is 0.00948. The van der Waals surface area contributed by atoms with Crippen molar-refractivity contribution >= 4 is 18.6 Å². The maximum Gasteiger partial charge on any atom is 0.309 e. The number of hydrogen-bond acceptors (Lipinski definition) is 3. The van der Waals surface area contributed by atoms with Crippen molar-refractivity contribution in [2.75, 3.05) is 0 Å². The van der Waals surface area contributed by atoms with Gasteiger partial charge in [-0.2, -0.15) is 12.6 Å². The third-order valence-electron chi connectivity index (χ3n) is 3.53. The Kier molecular flexibility index (Phi) is 2.78. The van der Waals surface area contributed by atoms with Gasteiger partial charge in [0, 0.05) is 5.25 Å². The van der Waals surface area contributed by atoms with E-state index in [0.717, 1.165) is 12.8 Å². The Balaban J connectivity index is 1.94. The first-order valence-electron chi connectivity index (χ1n) is 5.78. The highest BCUT2D eigenvalue weighted by atomic mass is 32.1. The van der Waals surface area contributed by atoms with Gasteiger partial charge in [0.2, 0.25) is 0 Å². The molecule has 2 bridgehead atoms. The minimum Gasteiger partial charge on any atom is -0.460 e. The molecule has 0 radical (unpaired) electrons. The Morgan fingerprint density at radius 2 is 1.87 bits per heavy atom. The highest BCUT2D eigenvalue weighted by molar-refractivity contribution is 7.81. The third kappa shape index (κ3) is 2.32. The molecule has 4 unspecified atom stereocenters. The van der Waals surface area contributed by atoms with Crippen LogP contribution in [-0.4, -0.2) is 16.8 Å². The fourth-order valence-electron chi connectivity index (χ4n) is 2.91. The molecule has 0 spiro atoms. The van der Waals surface area contributed by atoms with Crippen molar-refractivity contribution in [3.63, 3.8) is 0 Å². The lowest BCUT2D eigenvalue weighted by Crippen LogP contribution is -2.32. The predicted octanol–water partition coefficient (Wildman–Crippen LogP) is 2.67. The molecule has 0 N–H and O–H groups in total. The van der Waals surface area contributed by atoms with Gasteiger partial charge in [-0.25, -0.2) is 0 Å². The van der Waals surface area contributed by atoms with Crippen molar-refractivity contribution in [3.8, 4) is 0 Å². The molecule has 15 heavy (non-hydrogen) atoms. The average Bonchev–Trinajstić information content (AvgIpc) is 2.58. The molecule has 0 aromatic carbocycles. The molecule has 0 amide bonds. The van der Waals surface area contributed by atoms with Gasteiger partial charge in [0.25, 0.3) is 0 Å². The van der Waals surface area contributed by atoms with Crippen LogP contribution >= 0.6 is 12.6 Å². The highest BCUT2D eigenvalue weighted by Gasteiger charge is 2.48. The number of rotatable bonds is 1. The molecule has 0 aromatic rings. The van der Waals surface area contributed by atoms with Crippen molar-refractivity contribution in [2.45, 2.75) is 50.9 Å². The van der Waals surface area contributed by atoms with Gasteiger partial charge in [-0.3, -0.25) is 4.79 Å². The molecule has 2 fully saturated rings. The van der Waals surface area contributed by atoms with Gasteiger partial charge in [0.15, 0.2) is 0 Å². The number of carbonyl (C=O) groups is 1. The van der Waals surface area contributed by atoms with Crippen LogP contribution in [0.4, 0.5) is 0 Å². The molecule has 0 aromatic heterocycles. The second-order valence-corrected chi connectivity index (χ2v) is 6.60. The van der Waals surface area contributed by atoms with Gasteiger partial charge >= 0.3 is 5.97 Å². The zero-order chi connectivity index (χ0) is 11.2.